The first-order valence-electron chi connectivity index (χ1n) is 8.85. The average molecular weight is 370 g/mol. The number of thiazole rings is 1. The van der Waals surface area contributed by atoms with E-state index in [4.69, 9.17) is 5.10 Å². The molecule has 1 N–H and O–H groups in total. The van der Waals surface area contributed by atoms with E-state index in [1.165, 1.54) is 36.0 Å². The van der Waals surface area contributed by atoms with Crippen molar-refractivity contribution in [1.82, 2.24) is 4.98 Å². The zero-order valence-corrected chi connectivity index (χ0v) is 16.0. The van der Waals surface area contributed by atoms with E-state index in [0.717, 1.165) is 17.7 Å². The number of nitrogens with zero attached hydrogens (tertiary/aromatic N) is 3. The topological polar surface area (TPSA) is 80.4 Å². The number of rotatable bonds is 4. The highest BCUT2D eigenvalue weighted by molar-refractivity contribution is 7.14. The summed E-state index contributed by atoms with van der Waals surface area (Å²) in [5.41, 5.74) is 6.35. The van der Waals surface area contributed by atoms with Gasteiger partial charge < -0.3 is 0 Å². The molecule has 2 fully saturated rings. The highest BCUT2D eigenvalue weighted by Crippen LogP contribution is 2.63. The minimum Gasteiger partial charge on any atom is -0.258 e. The molecular formula is C19H22N4O2S. The summed E-state index contributed by atoms with van der Waals surface area (Å²) in [7, 11) is 0. The van der Waals surface area contributed by atoms with Crippen molar-refractivity contribution < 1.29 is 4.92 Å². The minimum absolute atomic E-state index is 0.0717. The monoisotopic (exact) mass is 370 g/mol. The second-order valence-electron chi connectivity index (χ2n) is 8.01. The summed E-state index contributed by atoms with van der Waals surface area (Å²) in [4.78, 5) is 15.1. The van der Waals surface area contributed by atoms with Crippen LogP contribution in [0.15, 0.2) is 34.7 Å². The number of nitrogens with one attached hydrogen (secondary N) is 1. The fourth-order valence-corrected chi connectivity index (χ4v) is 5.11. The van der Waals surface area contributed by atoms with E-state index in [0.29, 0.717) is 16.5 Å². The van der Waals surface area contributed by atoms with Gasteiger partial charge in [-0.1, -0.05) is 32.9 Å². The lowest BCUT2D eigenvalue weighted by molar-refractivity contribution is -0.384. The molecule has 2 atom stereocenters. The Morgan fingerprint density at radius 3 is 2.85 bits per heavy atom. The number of anilines is 1. The number of nitro groups is 1. The Kier molecular flexibility index (Phi) is 3.87. The van der Waals surface area contributed by atoms with Crippen LogP contribution in [-0.2, 0) is 0 Å². The van der Waals surface area contributed by atoms with Gasteiger partial charge in [-0.3, -0.25) is 15.5 Å². The van der Waals surface area contributed by atoms with Gasteiger partial charge in [0.15, 0.2) is 0 Å². The maximum absolute atomic E-state index is 10.9. The molecule has 0 saturated heterocycles. The fraction of sp³-hybridized carbons (Fsp3) is 0.474. The van der Waals surface area contributed by atoms with Crippen LogP contribution in [0.5, 0.6) is 0 Å². The Hall–Kier alpha value is -2.28. The summed E-state index contributed by atoms with van der Waals surface area (Å²) in [5, 5.41) is 18.3. The van der Waals surface area contributed by atoms with Crippen LogP contribution in [0, 0.1) is 26.9 Å². The predicted octanol–water partition coefficient (Wildman–Crippen LogP) is 5.33. The maximum Gasteiger partial charge on any atom is 0.270 e. The molecule has 136 valence electrons. The van der Waals surface area contributed by atoms with Gasteiger partial charge in [-0.05, 0) is 30.6 Å². The molecule has 2 aliphatic carbocycles. The Bertz CT molecular complexity index is 904. The molecule has 26 heavy (non-hydrogen) atoms. The average Bonchev–Trinajstić information content (AvgIpc) is 3.22. The number of aromatic nitrogens is 1. The van der Waals surface area contributed by atoms with E-state index in [-0.39, 0.29) is 11.1 Å². The summed E-state index contributed by atoms with van der Waals surface area (Å²) >= 11 is 1.46. The summed E-state index contributed by atoms with van der Waals surface area (Å²) in [6, 6.07) is 6.54. The van der Waals surface area contributed by atoms with Gasteiger partial charge in [0.1, 0.15) is 0 Å². The van der Waals surface area contributed by atoms with Crippen LogP contribution in [-0.4, -0.2) is 15.6 Å². The van der Waals surface area contributed by atoms with E-state index in [2.05, 4.69) is 31.2 Å². The third-order valence-electron chi connectivity index (χ3n) is 6.66. The molecule has 7 heteroatoms. The van der Waals surface area contributed by atoms with E-state index in [1.54, 1.807) is 12.1 Å². The van der Waals surface area contributed by atoms with E-state index < -0.39 is 4.92 Å². The van der Waals surface area contributed by atoms with Crippen LogP contribution in [0.3, 0.4) is 0 Å². The lowest BCUT2D eigenvalue weighted by atomic mass is 9.70. The first-order chi connectivity index (χ1) is 12.3. The van der Waals surface area contributed by atoms with Gasteiger partial charge in [-0.2, -0.15) is 5.10 Å². The molecule has 2 bridgehead atoms. The number of benzene rings is 1. The molecule has 0 spiro atoms. The van der Waals surface area contributed by atoms with Gasteiger partial charge in [0.2, 0.25) is 5.13 Å². The first-order valence-corrected chi connectivity index (χ1v) is 9.72. The van der Waals surface area contributed by atoms with Crippen molar-refractivity contribution in [3.8, 4) is 11.3 Å². The number of hydrogen-bond donors (Lipinski definition) is 1. The molecule has 0 radical (unpaired) electrons. The van der Waals surface area contributed by atoms with Crippen molar-refractivity contribution in [1.29, 1.82) is 0 Å². The molecule has 0 unspecified atom stereocenters. The molecule has 2 aliphatic rings. The lowest BCUT2D eigenvalue weighted by Crippen LogP contribution is -2.32. The summed E-state index contributed by atoms with van der Waals surface area (Å²) in [6.45, 7) is 7.05. The van der Waals surface area contributed by atoms with E-state index in [1.807, 2.05) is 11.4 Å². The zero-order chi connectivity index (χ0) is 18.5. The maximum atomic E-state index is 10.9. The van der Waals surface area contributed by atoms with Gasteiger partial charge in [-0.25, -0.2) is 4.98 Å². The number of non-ortho nitro benzene ring substituents is 1. The molecule has 1 heterocycles. The zero-order valence-electron chi connectivity index (χ0n) is 15.2. The van der Waals surface area contributed by atoms with E-state index >= 15 is 0 Å². The first kappa shape index (κ1) is 17.1. The Labute approximate surface area is 156 Å². The molecular weight excluding hydrogens is 348 g/mol. The van der Waals surface area contributed by atoms with Gasteiger partial charge in [0, 0.05) is 34.2 Å². The second-order valence-corrected chi connectivity index (χ2v) is 8.87. The van der Waals surface area contributed by atoms with Crippen molar-refractivity contribution in [2.75, 3.05) is 5.43 Å². The Morgan fingerprint density at radius 1 is 1.38 bits per heavy atom. The van der Waals surface area contributed by atoms with E-state index in [9.17, 15) is 10.1 Å². The molecule has 1 aromatic carbocycles. The summed E-state index contributed by atoms with van der Waals surface area (Å²) < 4.78 is 0. The molecule has 6 nitrogen and oxygen atoms in total. The van der Waals surface area contributed by atoms with Gasteiger partial charge in [0.25, 0.3) is 5.69 Å². The van der Waals surface area contributed by atoms with Crippen LogP contribution >= 0.6 is 11.3 Å². The number of nitro benzene ring substituents is 1. The summed E-state index contributed by atoms with van der Waals surface area (Å²) in [5.74, 6) is 0.713. The van der Waals surface area contributed by atoms with Crippen LogP contribution in [0.25, 0.3) is 11.3 Å². The molecule has 0 aliphatic heterocycles. The quantitative estimate of drug-likeness (QED) is 0.582. The van der Waals surface area contributed by atoms with Crippen molar-refractivity contribution >= 4 is 27.9 Å². The minimum atomic E-state index is -0.390. The third kappa shape index (κ3) is 2.53. The summed E-state index contributed by atoms with van der Waals surface area (Å²) in [6.07, 6.45) is 3.54. The third-order valence-corrected chi connectivity index (χ3v) is 7.40. The van der Waals surface area contributed by atoms with Crippen molar-refractivity contribution in [2.24, 2.45) is 21.8 Å². The van der Waals surface area contributed by atoms with Crippen LogP contribution in [0.1, 0.15) is 40.0 Å². The fourth-order valence-electron chi connectivity index (χ4n) is 4.45. The van der Waals surface area contributed by atoms with Crippen molar-refractivity contribution in [3.63, 3.8) is 0 Å². The Balaban J connectivity index is 1.53. The van der Waals surface area contributed by atoms with Gasteiger partial charge >= 0.3 is 0 Å². The number of fused-ring (bicyclic) bond motifs is 2. The largest absolute Gasteiger partial charge is 0.270 e. The molecule has 1 aromatic heterocycles. The van der Waals surface area contributed by atoms with Gasteiger partial charge in [-0.15, -0.1) is 11.3 Å². The lowest BCUT2D eigenvalue weighted by Gasteiger charge is -2.34. The van der Waals surface area contributed by atoms with Crippen LogP contribution in [0.2, 0.25) is 0 Å². The SMILES string of the molecule is CC1(C)[C@H]2CC[C@@]1(C)/C(=N/Nc1nc(-c3cccc([N+](=O)[O-])c3)cs1)C2. The molecule has 4 rings (SSSR count). The molecule has 0 amide bonds. The standard InChI is InChI=1S/C19H22N4O2S/c1-18(2)13-7-8-19(18,3)16(10-13)21-22-17-20-15(11-26-17)12-5-4-6-14(9-12)23(24)25/h4-6,9,11,13H,7-8,10H2,1-3H3,(H,20,22)/b21-16+/t13-,19-/m0/s1. The smallest absolute Gasteiger partial charge is 0.258 e. The normalized spacial score (nSPS) is 27.8. The number of hydrogen-bond acceptors (Lipinski definition) is 6. The van der Waals surface area contributed by atoms with Crippen LogP contribution in [0.4, 0.5) is 10.8 Å². The van der Waals surface area contributed by atoms with Crippen molar-refractivity contribution in [2.45, 2.75) is 40.0 Å². The second kappa shape index (κ2) is 5.87. The Morgan fingerprint density at radius 2 is 2.19 bits per heavy atom. The molecule has 2 saturated carbocycles. The number of hydrazone groups is 1. The highest BCUT2D eigenvalue weighted by atomic mass is 32.1. The van der Waals surface area contributed by atoms with Crippen LogP contribution < -0.4 is 5.43 Å². The highest BCUT2D eigenvalue weighted by Gasteiger charge is 2.59. The molecule has 2 aromatic rings. The predicted molar refractivity (Wildman–Crippen MR) is 104 cm³/mol. The van der Waals surface area contributed by atoms with Crippen molar-refractivity contribution in [3.05, 3.63) is 39.8 Å². The van der Waals surface area contributed by atoms with Gasteiger partial charge in [0.05, 0.1) is 10.6 Å².